The molecule has 0 aliphatic rings. The van der Waals surface area contributed by atoms with Crippen molar-refractivity contribution in [3.8, 4) is 5.75 Å². The molecule has 4 heteroatoms. The highest BCUT2D eigenvalue weighted by Crippen LogP contribution is 2.32. The van der Waals surface area contributed by atoms with Crippen LogP contribution < -0.4 is 4.74 Å². The van der Waals surface area contributed by atoms with Gasteiger partial charge in [0.05, 0.1) is 18.0 Å². The van der Waals surface area contributed by atoms with Crippen molar-refractivity contribution in [2.24, 2.45) is 0 Å². The van der Waals surface area contributed by atoms with E-state index in [9.17, 15) is 4.79 Å². The molecule has 0 saturated carbocycles. The Labute approximate surface area is 129 Å². The molecule has 0 unspecified atom stereocenters. The summed E-state index contributed by atoms with van der Waals surface area (Å²) in [5.41, 5.74) is 1.06. The molecule has 1 aromatic carbocycles. The number of hydrogen-bond donors (Lipinski definition) is 0. The summed E-state index contributed by atoms with van der Waals surface area (Å²) in [6.07, 6.45) is 1.37. The minimum Gasteiger partial charge on any atom is -0.463 e. The lowest BCUT2D eigenvalue weighted by Crippen LogP contribution is -2.14. The zero-order valence-corrected chi connectivity index (χ0v) is 14.0. The number of rotatable bonds is 5. The summed E-state index contributed by atoms with van der Waals surface area (Å²) in [7, 11) is 0. The van der Waals surface area contributed by atoms with Crippen LogP contribution in [0.5, 0.6) is 5.75 Å². The van der Waals surface area contributed by atoms with E-state index in [-0.39, 0.29) is 5.41 Å². The number of alkyl halides is 1. The Balaban J connectivity index is 2.99. The summed E-state index contributed by atoms with van der Waals surface area (Å²) in [6.45, 7) is 8.49. The molecule has 0 fully saturated rings. The number of carbonyl (C=O) groups excluding carboxylic acids is 1. The van der Waals surface area contributed by atoms with Gasteiger partial charge in [-0.1, -0.05) is 54.9 Å². The summed E-state index contributed by atoms with van der Waals surface area (Å²) in [5.74, 6) is 0.894. The molecule has 0 N–H and O–H groups in total. The Bertz CT molecular complexity index is 487. The number of benzene rings is 1. The standard InChI is InChI=1S/C16H21BrO3/c1-5-19-15(18)10-12(11-17)20-14-9-7-6-8-13(14)16(2,3)4/h6-10H,5,11H2,1-4H3. The number of para-hydroxylation sites is 1. The Kier molecular flexibility index (Phi) is 6.27. The highest BCUT2D eigenvalue weighted by atomic mass is 79.9. The van der Waals surface area contributed by atoms with Crippen LogP contribution in [0, 0.1) is 0 Å². The lowest BCUT2D eigenvalue weighted by Gasteiger charge is -2.22. The van der Waals surface area contributed by atoms with Gasteiger partial charge in [-0.3, -0.25) is 0 Å². The van der Waals surface area contributed by atoms with Gasteiger partial charge in [-0.15, -0.1) is 0 Å². The van der Waals surface area contributed by atoms with Crippen LogP contribution in [0.25, 0.3) is 0 Å². The topological polar surface area (TPSA) is 35.5 Å². The van der Waals surface area contributed by atoms with Gasteiger partial charge in [-0.25, -0.2) is 4.79 Å². The zero-order chi connectivity index (χ0) is 15.2. The second kappa shape index (κ2) is 7.48. The normalized spacial score (nSPS) is 12.2. The smallest absolute Gasteiger partial charge is 0.334 e. The molecule has 0 heterocycles. The van der Waals surface area contributed by atoms with Gasteiger partial charge in [0.2, 0.25) is 0 Å². The van der Waals surface area contributed by atoms with Gasteiger partial charge in [0.15, 0.2) is 0 Å². The largest absolute Gasteiger partial charge is 0.463 e. The number of esters is 1. The summed E-state index contributed by atoms with van der Waals surface area (Å²) < 4.78 is 10.7. The molecule has 0 radical (unpaired) electrons. The van der Waals surface area contributed by atoms with Crippen molar-refractivity contribution >= 4 is 21.9 Å². The maximum atomic E-state index is 11.5. The fraction of sp³-hybridized carbons (Fsp3) is 0.438. The van der Waals surface area contributed by atoms with Gasteiger partial charge in [-0.2, -0.15) is 0 Å². The maximum absolute atomic E-state index is 11.5. The van der Waals surface area contributed by atoms with E-state index in [0.29, 0.717) is 17.7 Å². The van der Waals surface area contributed by atoms with E-state index in [1.807, 2.05) is 24.3 Å². The molecule has 0 saturated heterocycles. The molecule has 0 atom stereocenters. The van der Waals surface area contributed by atoms with Crippen molar-refractivity contribution in [3.05, 3.63) is 41.7 Å². The zero-order valence-electron chi connectivity index (χ0n) is 12.4. The lowest BCUT2D eigenvalue weighted by atomic mass is 9.86. The first-order valence-corrected chi connectivity index (χ1v) is 7.71. The van der Waals surface area contributed by atoms with Gasteiger partial charge in [0.1, 0.15) is 11.5 Å². The second-order valence-corrected chi connectivity index (χ2v) is 5.91. The van der Waals surface area contributed by atoms with Gasteiger partial charge >= 0.3 is 5.97 Å². The Hall–Kier alpha value is -1.29. The molecule has 0 spiro atoms. The van der Waals surface area contributed by atoms with E-state index in [0.717, 1.165) is 11.3 Å². The molecule has 0 aliphatic heterocycles. The third-order valence-corrected chi connectivity index (χ3v) is 3.19. The molecule has 1 aromatic rings. The van der Waals surface area contributed by atoms with Crippen LogP contribution in [0.4, 0.5) is 0 Å². The van der Waals surface area contributed by atoms with E-state index in [1.165, 1.54) is 6.08 Å². The fourth-order valence-corrected chi connectivity index (χ4v) is 2.00. The molecule has 110 valence electrons. The third kappa shape index (κ3) is 5.00. The van der Waals surface area contributed by atoms with Gasteiger partial charge in [0.25, 0.3) is 0 Å². The van der Waals surface area contributed by atoms with Crippen LogP contribution in [0.15, 0.2) is 36.1 Å². The number of hydrogen-bond acceptors (Lipinski definition) is 3. The average Bonchev–Trinajstić information content (AvgIpc) is 2.37. The Morgan fingerprint density at radius 2 is 1.95 bits per heavy atom. The van der Waals surface area contributed by atoms with Crippen molar-refractivity contribution in [2.75, 3.05) is 11.9 Å². The highest BCUT2D eigenvalue weighted by molar-refractivity contribution is 9.09. The maximum Gasteiger partial charge on any atom is 0.334 e. The summed E-state index contributed by atoms with van der Waals surface area (Å²) in [6, 6.07) is 7.84. The molecule has 3 nitrogen and oxygen atoms in total. The van der Waals surface area contributed by atoms with Gasteiger partial charge in [-0.05, 0) is 18.4 Å². The monoisotopic (exact) mass is 340 g/mol. The number of allylic oxidation sites excluding steroid dienone is 1. The number of carbonyl (C=O) groups is 1. The first kappa shape index (κ1) is 16.8. The molecule has 0 amide bonds. The van der Waals surface area contributed by atoms with Crippen LogP contribution in [0.1, 0.15) is 33.3 Å². The van der Waals surface area contributed by atoms with Gasteiger partial charge < -0.3 is 9.47 Å². The minimum absolute atomic E-state index is 0.0298. The van der Waals surface area contributed by atoms with Crippen molar-refractivity contribution in [2.45, 2.75) is 33.1 Å². The quantitative estimate of drug-likeness (QED) is 0.348. The average molecular weight is 341 g/mol. The Morgan fingerprint density at radius 1 is 1.30 bits per heavy atom. The summed E-state index contributed by atoms with van der Waals surface area (Å²) >= 11 is 3.33. The van der Waals surface area contributed by atoms with Crippen LogP contribution in [-0.4, -0.2) is 17.9 Å². The van der Waals surface area contributed by atoms with Crippen LogP contribution in [-0.2, 0) is 14.9 Å². The lowest BCUT2D eigenvalue weighted by molar-refractivity contribution is -0.137. The van der Waals surface area contributed by atoms with Crippen LogP contribution in [0.3, 0.4) is 0 Å². The molecule has 0 aromatic heterocycles. The minimum atomic E-state index is -0.393. The highest BCUT2D eigenvalue weighted by Gasteiger charge is 2.19. The predicted molar refractivity (Wildman–Crippen MR) is 84.3 cm³/mol. The first-order chi connectivity index (χ1) is 9.38. The molecule has 0 bridgehead atoms. The number of halogens is 1. The van der Waals surface area contributed by atoms with E-state index in [4.69, 9.17) is 9.47 Å². The van der Waals surface area contributed by atoms with Gasteiger partial charge in [0, 0.05) is 5.56 Å². The second-order valence-electron chi connectivity index (χ2n) is 5.34. The molecule has 1 rings (SSSR count). The Morgan fingerprint density at radius 3 is 2.50 bits per heavy atom. The first-order valence-electron chi connectivity index (χ1n) is 6.59. The molecular formula is C16H21BrO3. The molecular weight excluding hydrogens is 320 g/mol. The third-order valence-electron chi connectivity index (χ3n) is 2.63. The fourth-order valence-electron chi connectivity index (χ4n) is 1.73. The van der Waals surface area contributed by atoms with E-state index >= 15 is 0 Å². The van der Waals surface area contributed by atoms with Crippen molar-refractivity contribution in [1.29, 1.82) is 0 Å². The van der Waals surface area contributed by atoms with E-state index in [1.54, 1.807) is 6.92 Å². The summed E-state index contributed by atoms with van der Waals surface area (Å²) in [4.78, 5) is 11.5. The predicted octanol–water partition coefficient (Wildman–Crippen LogP) is 4.20. The van der Waals surface area contributed by atoms with Crippen molar-refractivity contribution in [3.63, 3.8) is 0 Å². The number of ether oxygens (including phenoxy) is 2. The summed E-state index contributed by atoms with van der Waals surface area (Å²) in [5, 5.41) is 0.449. The molecule has 20 heavy (non-hydrogen) atoms. The van der Waals surface area contributed by atoms with E-state index < -0.39 is 5.97 Å². The van der Waals surface area contributed by atoms with E-state index in [2.05, 4.69) is 36.7 Å². The van der Waals surface area contributed by atoms with Crippen molar-refractivity contribution < 1.29 is 14.3 Å². The van der Waals surface area contributed by atoms with Crippen molar-refractivity contribution in [1.82, 2.24) is 0 Å². The molecule has 0 aliphatic carbocycles. The van der Waals surface area contributed by atoms with Crippen LogP contribution in [0.2, 0.25) is 0 Å². The van der Waals surface area contributed by atoms with Crippen LogP contribution >= 0.6 is 15.9 Å². The SMILES string of the molecule is CCOC(=O)C=C(CBr)Oc1ccccc1C(C)(C)C.